The lowest BCUT2D eigenvalue weighted by Crippen LogP contribution is -2.23. The van der Waals surface area contributed by atoms with Gasteiger partial charge in [-0.3, -0.25) is 5.43 Å². The largest absolute Gasteiger partial charge is 0.422 e. The van der Waals surface area contributed by atoms with Crippen LogP contribution in [0.5, 0.6) is 5.75 Å². The number of aryl methyl sites for hydroxylation is 1. The summed E-state index contributed by atoms with van der Waals surface area (Å²) in [5, 5.41) is 7.51. The third kappa shape index (κ3) is 6.23. The van der Waals surface area contributed by atoms with Crippen molar-refractivity contribution in [1.82, 2.24) is 5.43 Å². The molecule has 3 aromatic carbocycles. The van der Waals surface area contributed by atoms with Gasteiger partial charge in [0.25, 0.3) is 0 Å². The summed E-state index contributed by atoms with van der Waals surface area (Å²) in [6, 6.07) is 22.0. The van der Waals surface area contributed by atoms with Crippen LogP contribution in [-0.4, -0.2) is 17.3 Å². The van der Waals surface area contributed by atoms with Gasteiger partial charge in [0.2, 0.25) is 0 Å². The monoisotopic (exact) mass is 467 g/mol. The molecule has 5 nitrogen and oxygen atoms in total. The normalized spacial score (nSPS) is 10.6. The standard InChI is InChI=1S/C22H18BrN3O2S/c1-15-7-9-16(10-8-15)21(27)28-20-12-11-18(23)13-17(20)14-24-26-22(29)25-19-5-3-2-4-6-19/h2-14H,1H3,(H2,25,26,29)/b24-14-. The summed E-state index contributed by atoms with van der Waals surface area (Å²) in [6.45, 7) is 1.96. The fraction of sp³-hybridized carbons (Fsp3) is 0.0455. The Morgan fingerprint density at radius 3 is 2.52 bits per heavy atom. The first-order valence-electron chi connectivity index (χ1n) is 8.75. The van der Waals surface area contributed by atoms with E-state index in [4.69, 9.17) is 17.0 Å². The second-order valence-electron chi connectivity index (χ2n) is 6.13. The highest BCUT2D eigenvalue weighted by atomic mass is 79.9. The number of hydrogen-bond donors (Lipinski definition) is 2. The van der Waals surface area contributed by atoms with Crippen molar-refractivity contribution in [1.29, 1.82) is 0 Å². The van der Waals surface area contributed by atoms with E-state index in [0.717, 1.165) is 15.7 Å². The van der Waals surface area contributed by atoms with E-state index in [-0.39, 0.29) is 0 Å². The van der Waals surface area contributed by atoms with Crippen LogP contribution >= 0.6 is 28.1 Å². The summed E-state index contributed by atoms with van der Waals surface area (Å²) in [7, 11) is 0. The third-order valence-corrected chi connectivity index (χ3v) is 4.55. The fourth-order valence-electron chi connectivity index (χ4n) is 2.40. The zero-order valence-corrected chi connectivity index (χ0v) is 18.0. The predicted octanol–water partition coefficient (Wildman–Crippen LogP) is 5.30. The second kappa shape index (κ2) is 9.95. The molecule has 0 unspecified atom stereocenters. The van der Waals surface area contributed by atoms with Gasteiger partial charge in [0.05, 0.1) is 11.8 Å². The van der Waals surface area contributed by atoms with E-state index in [1.807, 2.05) is 49.4 Å². The maximum absolute atomic E-state index is 12.4. The molecule has 3 rings (SSSR count). The summed E-state index contributed by atoms with van der Waals surface area (Å²) < 4.78 is 6.38. The number of halogens is 1. The molecule has 0 bridgehead atoms. The lowest BCUT2D eigenvalue weighted by Gasteiger charge is -2.09. The molecule has 0 amide bonds. The summed E-state index contributed by atoms with van der Waals surface area (Å²) in [4.78, 5) is 12.4. The summed E-state index contributed by atoms with van der Waals surface area (Å²) in [5.41, 5.74) is 5.78. The number of para-hydroxylation sites is 1. The van der Waals surface area contributed by atoms with Crippen LogP contribution in [0, 0.1) is 6.92 Å². The van der Waals surface area contributed by atoms with Crippen molar-refractivity contribution in [3.05, 3.63) is 94.0 Å². The Balaban J connectivity index is 1.68. The SMILES string of the molecule is Cc1ccc(C(=O)Oc2ccc(Br)cc2/C=N\NC(=S)Nc2ccccc2)cc1. The number of ether oxygens (including phenoxy) is 1. The molecule has 0 saturated heterocycles. The van der Waals surface area contributed by atoms with Gasteiger partial charge in [0.1, 0.15) is 5.75 Å². The minimum absolute atomic E-state index is 0.348. The summed E-state index contributed by atoms with van der Waals surface area (Å²) >= 11 is 8.64. The highest BCUT2D eigenvalue weighted by Crippen LogP contribution is 2.23. The van der Waals surface area contributed by atoms with Gasteiger partial charge in [-0.1, -0.05) is 51.8 Å². The number of carbonyl (C=O) groups is 1. The van der Waals surface area contributed by atoms with Crippen molar-refractivity contribution in [2.75, 3.05) is 5.32 Å². The average molecular weight is 468 g/mol. The average Bonchev–Trinajstić information content (AvgIpc) is 2.71. The van der Waals surface area contributed by atoms with Crippen LogP contribution in [0.2, 0.25) is 0 Å². The zero-order valence-electron chi connectivity index (χ0n) is 15.6. The van der Waals surface area contributed by atoms with E-state index in [9.17, 15) is 4.79 Å². The number of esters is 1. The van der Waals surface area contributed by atoms with Gasteiger partial charge in [-0.05, 0) is 61.6 Å². The second-order valence-corrected chi connectivity index (χ2v) is 7.45. The highest BCUT2D eigenvalue weighted by molar-refractivity contribution is 9.10. The third-order valence-electron chi connectivity index (χ3n) is 3.86. The summed E-state index contributed by atoms with van der Waals surface area (Å²) in [6.07, 6.45) is 1.54. The molecule has 3 aromatic rings. The molecule has 0 aromatic heterocycles. The Hall–Kier alpha value is -3.03. The van der Waals surface area contributed by atoms with Crippen LogP contribution in [0.4, 0.5) is 5.69 Å². The Morgan fingerprint density at radius 2 is 1.79 bits per heavy atom. The highest BCUT2D eigenvalue weighted by Gasteiger charge is 2.11. The molecule has 2 N–H and O–H groups in total. The van der Waals surface area contributed by atoms with Crippen LogP contribution in [0.1, 0.15) is 21.5 Å². The molecule has 29 heavy (non-hydrogen) atoms. The number of thiocarbonyl (C=S) groups is 1. The molecule has 0 heterocycles. The number of nitrogens with zero attached hydrogens (tertiary/aromatic N) is 1. The number of hydrazone groups is 1. The molecule has 146 valence electrons. The maximum Gasteiger partial charge on any atom is 0.343 e. The molecular weight excluding hydrogens is 450 g/mol. The first-order chi connectivity index (χ1) is 14.0. The van der Waals surface area contributed by atoms with Crippen molar-refractivity contribution >= 4 is 51.1 Å². The molecule has 0 saturated carbocycles. The van der Waals surface area contributed by atoms with E-state index in [0.29, 0.717) is 22.0 Å². The molecule has 0 spiro atoms. The first-order valence-corrected chi connectivity index (χ1v) is 9.95. The van der Waals surface area contributed by atoms with Gasteiger partial charge in [0, 0.05) is 15.7 Å². The van der Waals surface area contributed by atoms with Crippen molar-refractivity contribution in [3.63, 3.8) is 0 Å². The summed E-state index contributed by atoms with van der Waals surface area (Å²) in [5.74, 6) is -0.0394. The molecule has 0 aliphatic carbocycles. The Bertz CT molecular complexity index is 1040. The fourth-order valence-corrected chi connectivity index (χ4v) is 2.95. The quantitative estimate of drug-likeness (QED) is 0.175. The number of carbonyl (C=O) groups excluding carboxylic acids is 1. The van der Waals surface area contributed by atoms with Crippen LogP contribution in [0.15, 0.2) is 82.4 Å². The zero-order chi connectivity index (χ0) is 20.6. The van der Waals surface area contributed by atoms with Crippen molar-refractivity contribution in [2.24, 2.45) is 5.10 Å². The minimum Gasteiger partial charge on any atom is -0.422 e. The van der Waals surface area contributed by atoms with E-state index < -0.39 is 5.97 Å². The van der Waals surface area contributed by atoms with Crippen LogP contribution in [-0.2, 0) is 0 Å². The van der Waals surface area contributed by atoms with Crippen LogP contribution < -0.4 is 15.5 Å². The lowest BCUT2D eigenvalue weighted by atomic mass is 10.1. The first kappa shape index (κ1) is 20.7. The van der Waals surface area contributed by atoms with Gasteiger partial charge in [-0.25, -0.2) is 4.79 Å². The Kier molecular flexibility index (Phi) is 7.10. The number of nitrogens with one attached hydrogen (secondary N) is 2. The number of anilines is 1. The molecule has 0 aliphatic rings. The maximum atomic E-state index is 12.4. The molecule has 0 fully saturated rings. The van der Waals surface area contributed by atoms with E-state index in [2.05, 4.69) is 31.8 Å². The lowest BCUT2D eigenvalue weighted by molar-refractivity contribution is 0.0734. The molecule has 7 heteroatoms. The minimum atomic E-state index is -0.434. The smallest absolute Gasteiger partial charge is 0.343 e. The molecule has 0 aliphatic heterocycles. The number of rotatable bonds is 5. The van der Waals surface area contributed by atoms with Crippen molar-refractivity contribution < 1.29 is 9.53 Å². The van der Waals surface area contributed by atoms with Gasteiger partial charge >= 0.3 is 5.97 Å². The van der Waals surface area contributed by atoms with E-state index in [1.54, 1.807) is 36.5 Å². The van der Waals surface area contributed by atoms with E-state index in [1.165, 1.54) is 0 Å². The Morgan fingerprint density at radius 1 is 1.07 bits per heavy atom. The van der Waals surface area contributed by atoms with Gasteiger partial charge in [-0.15, -0.1) is 0 Å². The van der Waals surface area contributed by atoms with Gasteiger partial charge in [-0.2, -0.15) is 5.10 Å². The van der Waals surface area contributed by atoms with Crippen LogP contribution in [0.3, 0.4) is 0 Å². The number of benzene rings is 3. The molecule has 0 radical (unpaired) electrons. The molecule has 0 atom stereocenters. The van der Waals surface area contributed by atoms with Crippen LogP contribution in [0.25, 0.3) is 0 Å². The van der Waals surface area contributed by atoms with Crippen molar-refractivity contribution in [2.45, 2.75) is 6.92 Å². The molecular formula is C22H18BrN3O2S. The van der Waals surface area contributed by atoms with E-state index >= 15 is 0 Å². The van der Waals surface area contributed by atoms with Gasteiger partial charge < -0.3 is 10.1 Å². The van der Waals surface area contributed by atoms with Crippen molar-refractivity contribution in [3.8, 4) is 5.75 Å². The number of hydrogen-bond acceptors (Lipinski definition) is 4. The Labute approximate surface area is 182 Å². The predicted molar refractivity (Wildman–Crippen MR) is 124 cm³/mol. The van der Waals surface area contributed by atoms with Gasteiger partial charge in [0.15, 0.2) is 5.11 Å². The topological polar surface area (TPSA) is 62.7 Å².